The van der Waals surface area contributed by atoms with Crippen LogP contribution in [0, 0.1) is 0 Å². The van der Waals surface area contributed by atoms with Gasteiger partial charge in [-0.05, 0) is 33.7 Å². The van der Waals surface area contributed by atoms with Gasteiger partial charge in [-0.3, -0.25) is 0 Å². The number of furan rings is 2. The van der Waals surface area contributed by atoms with Crippen molar-refractivity contribution in [3.8, 4) is 22.6 Å². The van der Waals surface area contributed by atoms with Crippen LogP contribution in [-0.2, 0) is 21.7 Å². The molecule has 2 nitrogen and oxygen atoms in total. The molecule has 47 heavy (non-hydrogen) atoms. The SMILES string of the molecule is [Cl-].[Cl-].[Ti+4].c1coc(-c2cc3c4ccccc4c4ccccc4c3[cH-]2)c1.c1coc(-c2cc3c4ccccc4c4ccccc4c3[cH-]2)c1. The van der Waals surface area contributed by atoms with Crippen LogP contribution in [0.3, 0.4) is 0 Å². The number of fused-ring (bicyclic) bond motifs is 12. The van der Waals surface area contributed by atoms with Gasteiger partial charge >= 0.3 is 21.7 Å². The first-order valence-electron chi connectivity index (χ1n) is 14.9. The zero-order valence-corrected chi connectivity index (χ0v) is 28.2. The van der Waals surface area contributed by atoms with Gasteiger partial charge in [-0.15, -0.1) is 45.8 Å². The predicted molar refractivity (Wildman–Crippen MR) is 185 cm³/mol. The van der Waals surface area contributed by atoms with Crippen LogP contribution >= 0.6 is 0 Å². The average molecular weight is 681 g/mol. The smallest absolute Gasteiger partial charge is 1.00 e. The second-order valence-electron chi connectivity index (χ2n) is 11.3. The molecule has 0 atom stereocenters. The van der Waals surface area contributed by atoms with E-state index in [0.29, 0.717) is 0 Å². The van der Waals surface area contributed by atoms with Crippen LogP contribution in [-0.4, -0.2) is 0 Å². The van der Waals surface area contributed by atoms with Crippen molar-refractivity contribution in [2.45, 2.75) is 0 Å². The van der Waals surface area contributed by atoms with Crippen LogP contribution in [0.1, 0.15) is 0 Å². The van der Waals surface area contributed by atoms with Crippen LogP contribution in [0.2, 0.25) is 0 Å². The van der Waals surface area contributed by atoms with Crippen LogP contribution in [0.5, 0.6) is 0 Å². The molecular weight excluding hydrogens is 655 g/mol. The molecule has 5 heteroatoms. The Morgan fingerprint density at radius 1 is 0.340 bits per heavy atom. The Balaban J connectivity index is 0.000000155. The maximum Gasteiger partial charge on any atom is 4.00 e. The summed E-state index contributed by atoms with van der Waals surface area (Å²) >= 11 is 0. The van der Waals surface area contributed by atoms with Gasteiger partial charge in [0, 0.05) is 0 Å². The Kier molecular flexibility index (Phi) is 9.15. The van der Waals surface area contributed by atoms with E-state index in [0.717, 1.165) is 22.6 Å². The van der Waals surface area contributed by atoms with Crippen molar-refractivity contribution < 1.29 is 55.4 Å². The summed E-state index contributed by atoms with van der Waals surface area (Å²) in [5, 5.41) is 15.6. The molecule has 10 rings (SSSR count). The third-order valence-electron chi connectivity index (χ3n) is 8.84. The molecule has 0 unspecified atom stereocenters. The first-order valence-corrected chi connectivity index (χ1v) is 14.9. The van der Waals surface area contributed by atoms with Crippen LogP contribution in [0.15, 0.2) is 167 Å². The van der Waals surface area contributed by atoms with E-state index in [1.807, 2.05) is 24.3 Å². The van der Waals surface area contributed by atoms with Crippen molar-refractivity contribution in [3.63, 3.8) is 0 Å². The summed E-state index contributed by atoms with van der Waals surface area (Å²) in [6.07, 6.45) is 3.45. The number of hydrogen-bond donors (Lipinski definition) is 0. The van der Waals surface area contributed by atoms with Gasteiger partial charge in [0.1, 0.15) is 0 Å². The van der Waals surface area contributed by atoms with Crippen molar-refractivity contribution >= 4 is 64.6 Å². The van der Waals surface area contributed by atoms with Gasteiger partial charge in [-0.2, -0.15) is 0 Å². The summed E-state index contributed by atoms with van der Waals surface area (Å²) in [6, 6.07) is 51.3. The van der Waals surface area contributed by atoms with Crippen molar-refractivity contribution in [1.29, 1.82) is 0 Å². The van der Waals surface area contributed by atoms with E-state index in [9.17, 15) is 0 Å². The summed E-state index contributed by atoms with van der Waals surface area (Å²) in [7, 11) is 0. The van der Waals surface area contributed by atoms with E-state index < -0.39 is 0 Å². The van der Waals surface area contributed by atoms with Crippen LogP contribution in [0.4, 0.5) is 0 Å². The van der Waals surface area contributed by atoms with Crippen molar-refractivity contribution in [2.75, 3.05) is 0 Å². The standard InChI is InChI=1S/2C21H13O.2ClH.Ti/c2*1-3-8-17-15(6-1)16-7-2-4-9-18(16)20-13-14(12-19(17)20)21-10-5-11-22-21;;;/h2*1-13H;2*1H;/q2*-1;;;+4/p-2. The van der Waals surface area contributed by atoms with Crippen molar-refractivity contribution in [2.24, 2.45) is 0 Å². The van der Waals surface area contributed by atoms with E-state index in [1.165, 1.54) is 64.6 Å². The molecule has 8 aromatic carbocycles. The number of benzene rings is 6. The fourth-order valence-electron chi connectivity index (χ4n) is 6.89. The molecule has 0 aliphatic carbocycles. The predicted octanol–water partition coefficient (Wildman–Crippen LogP) is 6.26. The second kappa shape index (κ2) is 13.3. The van der Waals surface area contributed by atoms with E-state index in [4.69, 9.17) is 8.83 Å². The van der Waals surface area contributed by atoms with E-state index in [1.54, 1.807) is 12.5 Å². The number of halogens is 2. The first kappa shape index (κ1) is 32.4. The number of hydrogen-bond acceptors (Lipinski definition) is 2. The monoisotopic (exact) mass is 680 g/mol. The molecule has 0 aliphatic heterocycles. The quantitative estimate of drug-likeness (QED) is 0.123. The topological polar surface area (TPSA) is 26.3 Å². The summed E-state index contributed by atoms with van der Waals surface area (Å²) in [4.78, 5) is 0. The molecule has 224 valence electrons. The summed E-state index contributed by atoms with van der Waals surface area (Å²) in [5.41, 5.74) is 2.28. The third-order valence-corrected chi connectivity index (χ3v) is 8.84. The van der Waals surface area contributed by atoms with Gasteiger partial charge < -0.3 is 33.6 Å². The molecular formula is C42H26Cl2O2Ti. The largest absolute Gasteiger partial charge is 4.00 e. The zero-order valence-electron chi connectivity index (χ0n) is 25.1. The van der Waals surface area contributed by atoms with Crippen LogP contribution in [0.25, 0.3) is 87.3 Å². The summed E-state index contributed by atoms with van der Waals surface area (Å²) in [6.45, 7) is 0. The van der Waals surface area contributed by atoms with Gasteiger partial charge in [-0.25, -0.2) is 0 Å². The molecule has 0 amide bonds. The zero-order chi connectivity index (χ0) is 29.0. The summed E-state index contributed by atoms with van der Waals surface area (Å²) in [5.74, 6) is 1.84. The molecule has 0 spiro atoms. The Morgan fingerprint density at radius 3 is 0.957 bits per heavy atom. The van der Waals surface area contributed by atoms with Gasteiger partial charge in [0.15, 0.2) is 0 Å². The molecule has 0 bridgehead atoms. The number of rotatable bonds is 2. The minimum Gasteiger partial charge on any atom is -1.00 e. The molecule has 0 radical (unpaired) electrons. The molecule has 0 aliphatic rings. The van der Waals surface area contributed by atoms with Crippen LogP contribution < -0.4 is 24.8 Å². The Labute approximate surface area is 299 Å². The Morgan fingerprint density at radius 2 is 0.638 bits per heavy atom. The molecule has 2 heterocycles. The summed E-state index contributed by atoms with van der Waals surface area (Å²) < 4.78 is 11.1. The Hall–Kier alpha value is -4.57. The Bertz CT molecular complexity index is 2280. The molecule has 2 aromatic heterocycles. The minimum atomic E-state index is 0. The minimum absolute atomic E-state index is 0. The van der Waals surface area contributed by atoms with E-state index >= 15 is 0 Å². The van der Waals surface area contributed by atoms with Crippen molar-refractivity contribution in [1.82, 2.24) is 0 Å². The average Bonchev–Trinajstić information content (AvgIpc) is 3.92. The molecule has 10 aromatic rings. The van der Waals surface area contributed by atoms with E-state index in [-0.39, 0.29) is 46.5 Å². The fourth-order valence-corrected chi connectivity index (χ4v) is 6.89. The maximum atomic E-state index is 5.57. The molecule has 0 fully saturated rings. The maximum absolute atomic E-state index is 5.57. The molecule has 0 N–H and O–H groups in total. The van der Waals surface area contributed by atoms with E-state index in [2.05, 4.69) is 121 Å². The first-order chi connectivity index (χ1) is 21.8. The molecule has 0 saturated heterocycles. The van der Waals surface area contributed by atoms with Gasteiger partial charge in [0.2, 0.25) is 0 Å². The molecule has 0 saturated carbocycles. The van der Waals surface area contributed by atoms with Gasteiger partial charge in [0.05, 0.1) is 24.0 Å². The normalized spacial score (nSPS) is 10.9. The third kappa shape index (κ3) is 5.38. The van der Waals surface area contributed by atoms with Gasteiger partial charge in [-0.1, -0.05) is 142 Å². The fraction of sp³-hybridized carbons (Fsp3) is 0. The second-order valence-corrected chi connectivity index (χ2v) is 11.3. The van der Waals surface area contributed by atoms with Crippen molar-refractivity contribution in [3.05, 3.63) is 158 Å². The van der Waals surface area contributed by atoms with Gasteiger partial charge in [0.25, 0.3) is 0 Å².